The van der Waals surface area contributed by atoms with Gasteiger partial charge in [-0.05, 0) is 99.0 Å². The molecule has 300 valence electrons. The molecular weight excluding hydrogens is 731 g/mol. The second-order valence-corrected chi connectivity index (χ2v) is 16.3. The smallest absolute Gasteiger partial charge is 0.317 e. The van der Waals surface area contributed by atoms with Gasteiger partial charge in [-0.15, -0.1) is 0 Å². The highest BCUT2D eigenvalue weighted by molar-refractivity contribution is 6.23. The zero-order chi connectivity index (χ0) is 40.3. The number of methoxy groups -OCH3 is 2. The largest absolute Gasteiger partial charge is 0.496 e. The number of imide groups is 2. The number of aromatic nitrogens is 1. The minimum Gasteiger partial charge on any atom is -0.496 e. The van der Waals surface area contributed by atoms with Crippen LogP contribution < -0.4 is 30.6 Å². The fraction of sp³-hybridized carbons (Fsp3) is 0.476. The molecule has 4 aliphatic heterocycles. The first-order valence-corrected chi connectivity index (χ1v) is 19.6. The van der Waals surface area contributed by atoms with Gasteiger partial charge in [0, 0.05) is 69.2 Å². The van der Waals surface area contributed by atoms with Crippen LogP contribution in [0.1, 0.15) is 63.1 Å². The fourth-order valence-corrected chi connectivity index (χ4v) is 9.64. The summed E-state index contributed by atoms with van der Waals surface area (Å²) in [5.74, 6) is 0.542. The van der Waals surface area contributed by atoms with Gasteiger partial charge < -0.3 is 34.1 Å². The highest BCUT2D eigenvalue weighted by Crippen LogP contribution is 2.44. The van der Waals surface area contributed by atoms with Crippen molar-refractivity contribution < 1.29 is 33.4 Å². The Bertz CT molecular complexity index is 2210. The molecule has 6 amide bonds. The van der Waals surface area contributed by atoms with Gasteiger partial charge in [0.05, 0.1) is 37.5 Å². The third-order valence-corrected chi connectivity index (χ3v) is 12.4. The number of anilines is 1. The number of urea groups is 1. The quantitative estimate of drug-likeness (QED) is 0.309. The molecule has 3 aromatic rings. The summed E-state index contributed by atoms with van der Waals surface area (Å²) in [4.78, 5) is 84.7. The molecular formula is C42H49N7O8. The van der Waals surface area contributed by atoms with Gasteiger partial charge in [-0.3, -0.25) is 34.2 Å². The average Bonchev–Trinajstić information content (AvgIpc) is 3.85. The van der Waals surface area contributed by atoms with E-state index in [1.165, 1.54) is 0 Å². The number of nitrogens with zero attached hydrogens (tertiary/aromatic N) is 5. The molecule has 3 fully saturated rings. The van der Waals surface area contributed by atoms with Crippen LogP contribution in [0.5, 0.6) is 11.5 Å². The molecule has 1 saturated carbocycles. The van der Waals surface area contributed by atoms with E-state index in [0.29, 0.717) is 60.9 Å². The Labute approximate surface area is 330 Å². The molecule has 57 heavy (non-hydrogen) atoms. The van der Waals surface area contributed by atoms with E-state index in [1.54, 1.807) is 42.9 Å². The number of ether oxygens (including phenoxy) is 2. The molecule has 2 N–H and O–H groups in total. The monoisotopic (exact) mass is 779 g/mol. The van der Waals surface area contributed by atoms with Crippen molar-refractivity contribution in [2.45, 2.75) is 51.2 Å². The molecule has 15 heteroatoms. The van der Waals surface area contributed by atoms with Gasteiger partial charge in [0.1, 0.15) is 17.5 Å². The van der Waals surface area contributed by atoms with Crippen molar-refractivity contribution in [1.82, 2.24) is 29.9 Å². The molecule has 8 rings (SSSR count). The van der Waals surface area contributed by atoms with Gasteiger partial charge in [-0.2, -0.15) is 0 Å². The van der Waals surface area contributed by atoms with E-state index in [9.17, 15) is 28.8 Å². The molecule has 0 spiro atoms. The van der Waals surface area contributed by atoms with Crippen LogP contribution >= 0.6 is 0 Å². The van der Waals surface area contributed by atoms with Gasteiger partial charge in [-0.1, -0.05) is 0 Å². The summed E-state index contributed by atoms with van der Waals surface area (Å²) in [6, 6.07) is 8.09. The standard InChI is InChI=1S/C42H49N7O8/c1-45(2)20-33-35(56-4)14-24(15-36(33)57-5)31-21-46(3)39(52)32-22-47(11-10-28(31)32)42(55)43-17-23-12-25-18-48(19-26(25)13-23)27-6-7-29-30(16-27)41(54)49(40(29)53)34-8-9-37(50)44-38(34)51/h6-7,14-16,21,23,25-26,34H,8-13,17-20,22H2,1-5H3,(H,43,55)(H,44,50,51)/t23?,25?,26?,34-/m0/s1. The normalized spacial score (nSPS) is 22.8. The van der Waals surface area contributed by atoms with Crippen molar-refractivity contribution in [3.8, 4) is 22.6 Å². The van der Waals surface area contributed by atoms with Gasteiger partial charge in [0.15, 0.2) is 0 Å². The van der Waals surface area contributed by atoms with Crippen molar-refractivity contribution in [3.63, 3.8) is 0 Å². The topological polar surface area (TPSA) is 163 Å². The van der Waals surface area contributed by atoms with E-state index in [2.05, 4.69) is 20.4 Å². The number of pyridine rings is 1. The van der Waals surface area contributed by atoms with Gasteiger partial charge in [0.25, 0.3) is 17.4 Å². The summed E-state index contributed by atoms with van der Waals surface area (Å²) in [5.41, 5.74) is 5.59. The lowest BCUT2D eigenvalue weighted by molar-refractivity contribution is -0.136. The Hall–Kier alpha value is -5.70. The molecule has 0 radical (unpaired) electrons. The van der Waals surface area contributed by atoms with E-state index >= 15 is 0 Å². The van der Waals surface area contributed by atoms with Crippen molar-refractivity contribution in [3.05, 3.63) is 74.7 Å². The minimum atomic E-state index is -0.995. The second kappa shape index (κ2) is 15.0. The van der Waals surface area contributed by atoms with Crippen LogP contribution in [0.3, 0.4) is 0 Å². The fourth-order valence-electron chi connectivity index (χ4n) is 9.64. The Balaban J connectivity index is 0.884. The number of aryl methyl sites for hydroxylation is 1. The van der Waals surface area contributed by atoms with Crippen LogP contribution in [0.15, 0.2) is 41.3 Å². The number of amides is 6. The maximum atomic E-state index is 13.6. The predicted octanol–water partition coefficient (Wildman–Crippen LogP) is 2.76. The van der Waals surface area contributed by atoms with Crippen LogP contribution in [-0.2, 0) is 36.1 Å². The van der Waals surface area contributed by atoms with Crippen LogP contribution in [-0.4, -0.2) is 109 Å². The van der Waals surface area contributed by atoms with Gasteiger partial charge in [-0.25, -0.2) is 4.79 Å². The Kier molecular flexibility index (Phi) is 10.0. The molecule has 0 bridgehead atoms. The summed E-state index contributed by atoms with van der Waals surface area (Å²) in [7, 11) is 9.00. The first kappa shape index (κ1) is 38.2. The third kappa shape index (κ3) is 6.91. The van der Waals surface area contributed by atoms with E-state index in [-0.39, 0.29) is 42.1 Å². The Morgan fingerprint density at radius 1 is 0.895 bits per heavy atom. The van der Waals surface area contributed by atoms with Crippen molar-refractivity contribution in [2.24, 2.45) is 24.8 Å². The molecule has 2 saturated heterocycles. The van der Waals surface area contributed by atoms with Crippen LogP contribution in [0.25, 0.3) is 11.1 Å². The predicted molar refractivity (Wildman–Crippen MR) is 210 cm³/mol. The first-order valence-electron chi connectivity index (χ1n) is 19.6. The first-order chi connectivity index (χ1) is 27.3. The summed E-state index contributed by atoms with van der Waals surface area (Å²) in [6.45, 7) is 3.50. The van der Waals surface area contributed by atoms with Crippen molar-refractivity contribution >= 4 is 35.3 Å². The number of hydrogen-bond acceptors (Lipinski definition) is 10. The highest BCUT2D eigenvalue weighted by Gasteiger charge is 2.46. The SMILES string of the molecule is COc1cc(-c2cn(C)c(=O)c3c2CCN(C(=O)NCC2CC4CN(c5ccc6c(c5)C(=O)N([C@H]5CCC(=O)NC5=O)C6=O)CC4C2)C3)cc(OC)c1CN(C)C. The summed E-state index contributed by atoms with van der Waals surface area (Å²) in [5, 5.41) is 5.41. The van der Waals surface area contributed by atoms with Crippen molar-refractivity contribution in [1.29, 1.82) is 0 Å². The molecule has 1 aromatic heterocycles. The Morgan fingerprint density at radius 2 is 1.58 bits per heavy atom. The lowest BCUT2D eigenvalue weighted by Gasteiger charge is -2.31. The number of hydrogen-bond donors (Lipinski definition) is 2. The Morgan fingerprint density at radius 3 is 2.23 bits per heavy atom. The molecule has 15 nitrogen and oxygen atoms in total. The molecule has 5 heterocycles. The number of rotatable bonds is 9. The molecule has 5 aliphatic rings. The van der Waals surface area contributed by atoms with E-state index in [1.807, 2.05) is 38.5 Å². The highest BCUT2D eigenvalue weighted by atomic mass is 16.5. The summed E-state index contributed by atoms with van der Waals surface area (Å²) in [6.07, 6.45) is 4.51. The number of nitrogens with one attached hydrogen (secondary N) is 2. The average molecular weight is 780 g/mol. The summed E-state index contributed by atoms with van der Waals surface area (Å²) >= 11 is 0. The lowest BCUT2D eigenvalue weighted by atomic mass is 9.91. The van der Waals surface area contributed by atoms with E-state index in [0.717, 1.165) is 58.8 Å². The molecule has 1 aliphatic carbocycles. The maximum Gasteiger partial charge on any atom is 0.317 e. The number of piperidine rings is 1. The van der Waals surface area contributed by atoms with Crippen LogP contribution in [0.2, 0.25) is 0 Å². The summed E-state index contributed by atoms with van der Waals surface area (Å²) < 4.78 is 13.2. The van der Waals surface area contributed by atoms with E-state index < -0.39 is 29.7 Å². The van der Waals surface area contributed by atoms with Crippen molar-refractivity contribution in [2.75, 3.05) is 59.4 Å². The maximum absolute atomic E-state index is 13.6. The van der Waals surface area contributed by atoms with E-state index in [4.69, 9.17) is 9.47 Å². The number of carbonyl (C=O) groups excluding carboxylic acids is 5. The zero-order valence-corrected chi connectivity index (χ0v) is 33.1. The minimum absolute atomic E-state index is 0.0754. The van der Waals surface area contributed by atoms with Crippen LogP contribution in [0, 0.1) is 17.8 Å². The second-order valence-electron chi connectivity index (χ2n) is 16.3. The van der Waals surface area contributed by atoms with Gasteiger partial charge >= 0.3 is 6.03 Å². The molecule has 2 aromatic carbocycles. The zero-order valence-electron chi connectivity index (χ0n) is 33.1. The number of carbonyl (C=O) groups is 5. The number of fused-ring (bicyclic) bond motifs is 3. The van der Waals surface area contributed by atoms with Crippen LogP contribution in [0.4, 0.5) is 10.5 Å². The van der Waals surface area contributed by atoms with Gasteiger partial charge in [0.2, 0.25) is 11.8 Å². The molecule has 3 atom stereocenters. The molecule has 2 unspecified atom stereocenters. The number of benzene rings is 2. The third-order valence-electron chi connectivity index (χ3n) is 12.4. The lowest BCUT2D eigenvalue weighted by Crippen LogP contribution is -2.54.